The van der Waals surface area contributed by atoms with Gasteiger partial charge in [0.25, 0.3) is 10.0 Å². The van der Waals surface area contributed by atoms with E-state index in [0.717, 1.165) is 9.87 Å². The van der Waals surface area contributed by atoms with E-state index < -0.39 is 40.2 Å². The number of benzene rings is 3. The highest BCUT2D eigenvalue weighted by molar-refractivity contribution is 7.92. The summed E-state index contributed by atoms with van der Waals surface area (Å²) in [6.45, 7) is 8.13. The van der Waals surface area contributed by atoms with Gasteiger partial charge in [-0.25, -0.2) is 12.8 Å². The Labute approximate surface area is 234 Å². The molecule has 0 aliphatic heterocycles. The van der Waals surface area contributed by atoms with E-state index in [2.05, 4.69) is 5.32 Å². The molecule has 0 heterocycles. The summed E-state index contributed by atoms with van der Waals surface area (Å²) in [6, 6.07) is 15.6. The van der Waals surface area contributed by atoms with E-state index in [9.17, 15) is 22.4 Å². The molecule has 0 aliphatic rings. The van der Waals surface area contributed by atoms with Gasteiger partial charge < -0.3 is 10.2 Å². The minimum atomic E-state index is -4.21. The molecule has 0 bridgehead atoms. The highest BCUT2D eigenvalue weighted by Crippen LogP contribution is 2.30. The summed E-state index contributed by atoms with van der Waals surface area (Å²) in [6.07, 6.45) is 0. The number of sulfonamides is 1. The number of anilines is 1. The van der Waals surface area contributed by atoms with Crippen LogP contribution in [0.2, 0.25) is 5.02 Å². The van der Waals surface area contributed by atoms with Crippen LogP contribution in [0.3, 0.4) is 0 Å². The molecule has 0 fully saturated rings. The van der Waals surface area contributed by atoms with Crippen molar-refractivity contribution < 1.29 is 22.4 Å². The van der Waals surface area contributed by atoms with Crippen molar-refractivity contribution in [3.8, 4) is 0 Å². The Kier molecular flexibility index (Phi) is 9.74. The zero-order valence-electron chi connectivity index (χ0n) is 22.6. The van der Waals surface area contributed by atoms with Gasteiger partial charge in [-0.2, -0.15) is 0 Å². The molecule has 208 valence electrons. The maximum absolute atomic E-state index is 13.9. The van der Waals surface area contributed by atoms with E-state index >= 15 is 0 Å². The van der Waals surface area contributed by atoms with Crippen molar-refractivity contribution in [1.82, 2.24) is 10.2 Å². The zero-order chi connectivity index (χ0) is 28.9. The molecular formula is C29H33ClFN3O4S. The second-order valence-electron chi connectivity index (χ2n) is 9.74. The van der Waals surface area contributed by atoms with Crippen LogP contribution >= 0.6 is 11.6 Å². The number of aryl methyl sites for hydroxylation is 2. The largest absolute Gasteiger partial charge is 0.352 e. The molecular weight excluding hydrogens is 541 g/mol. The molecule has 2 amide bonds. The summed E-state index contributed by atoms with van der Waals surface area (Å²) in [4.78, 5) is 28.1. The molecule has 3 aromatic carbocycles. The number of rotatable bonds is 10. The molecule has 7 nitrogen and oxygen atoms in total. The van der Waals surface area contributed by atoms with Crippen LogP contribution in [-0.4, -0.2) is 43.8 Å². The first-order chi connectivity index (χ1) is 18.3. The van der Waals surface area contributed by atoms with Gasteiger partial charge in [0.15, 0.2) is 0 Å². The van der Waals surface area contributed by atoms with Crippen molar-refractivity contribution >= 4 is 39.1 Å². The maximum Gasteiger partial charge on any atom is 0.264 e. The molecule has 1 N–H and O–H groups in total. The van der Waals surface area contributed by atoms with Gasteiger partial charge in [0.2, 0.25) is 11.8 Å². The van der Waals surface area contributed by atoms with Crippen LogP contribution < -0.4 is 9.62 Å². The SMILES string of the molecule is Cc1ccc(S(=O)(=O)N(CC(=O)N(Cc2ccc(F)cc2)[C@H](C)C(=O)NC(C)C)c2cc(Cl)ccc2C)cc1. The van der Waals surface area contributed by atoms with Crippen LogP contribution in [0.5, 0.6) is 0 Å². The van der Waals surface area contributed by atoms with Crippen molar-refractivity contribution in [2.45, 2.75) is 58.1 Å². The standard InChI is InChI=1S/C29H33ClFN3O4S/c1-19(2)32-29(36)22(5)33(17-23-9-12-25(31)13-10-23)28(35)18-34(27-16-24(30)11-8-21(27)4)39(37,38)26-14-6-20(3)7-15-26/h6-16,19,22H,17-18H2,1-5H3,(H,32,36)/t22-/m1/s1. The predicted octanol–water partition coefficient (Wildman–Crippen LogP) is 5.23. The van der Waals surface area contributed by atoms with Crippen LogP contribution in [0.15, 0.2) is 71.6 Å². The zero-order valence-corrected chi connectivity index (χ0v) is 24.2. The first-order valence-corrected chi connectivity index (χ1v) is 14.3. The summed E-state index contributed by atoms with van der Waals surface area (Å²) in [5, 5.41) is 3.10. The summed E-state index contributed by atoms with van der Waals surface area (Å²) >= 11 is 6.24. The molecule has 0 saturated heterocycles. The third kappa shape index (κ3) is 7.58. The van der Waals surface area contributed by atoms with Crippen molar-refractivity contribution in [2.75, 3.05) is 10.8 Å². The maximum atomic E-state index is 13.9. The second-order valence-corrected chi connectivity index (χ2v) is 12.0. The Morgan fingerprint density at radius 2 is 1.56 bits per heavy atom. The lowest BCUT2D eigenvalue weighted by atomic mass is 10.1. The Morgan fingerprint density at radius 1 is 0.949 bits per heavy atom. The topological polar surface area (TPSA) is 86.8 Å². The smallest absolute Gasteiger partial charge is 0.264 e. The molecule has 0 aliphatic carbocycles. The van der Waals surface area contributed by atoms with Gasteiger partial charge in [-0.1, -0.05) is 47.5 Å². The Hall–Kier alpha value is -3.43. The average molecular weight is 574 g/mol. The lowest BCUT2D eigenvalue weighted by Crippen LogP contribution is -2.52. The Bertz CT molecular complexity index is 1430. The molecule has 1 atom stereocenters. The average Bonchev–Trinajstić information content (AvgIpc) is 2.87. The molecule has 0 radical (unpaired) electrons. The third-order valence-corrected chi connectivity index (χ3v) is 8.20. The van der Waals surface area contributed by atoms with Gasteiger partial charge in [0.05, 0.1) is 10.6 Å². The van der Waals surface area contributed by atoms with Gasteiger partial charge >= 0.3 is 0 Å². The Morgan fingerprint density at radius 3 is 2.15 bits per heavy atom. The van der Waals surface area contributed by atoms with Gasteiger partial charge in [0, 0.05) is 17.6 Å². The van der Waals surface area contributed by atoms with E-state index in [1.807, 2.05) is 6.92 Å². The lowest BCUT2D eigenvalue weighted by Gasteiger charge is -2.32. The molecule has 39 heavy (non-hydrogen) atoms. The number of hydrogen-bond donors (Lipinski definition) is 1. The number of hydrogen-bond acceptors (Lipinski definition) is 4. The number of halogens is 2. The third-order valence-electron chi connectivity index (χ3n) is 6.19. The summed E-state index contributed by atoms with van der Waals surface area (Å²) in [7, 11) is -4.21. The Balaban J connectivity index is 2.07. The predicted molar refractivity (Wildman–Crippen MR) is 152 cm³/mol. The number of nitrogens with one attached hydrogen (secondary N) is 1. The van der Waals surface area contributed by atoms with Crippen molar-refractivity contribution in [3.05, 3.63) is 94.3 Å². The normalized spacial score (nSPS) is 12.2. The van der Waals surface area contributed by atoms with E-state index in [1.165, 1.54) is 47.4 Å². The fourth-order valence-corrected chi connectivity index (χ4v) is 5.61. The molecule has 10 heteroatoms. The van der Waals surface area contributed by atoms with Gasteiger partial charge in [-0.05, 0) is 82.1 Å². The summed E-state index contributed by atoms with van der Waals surface area (Å²) in [5.74, 6) is -1.44. The van der Waals surface area contributed by atoms with E-state index in [-0.39, 0.29) is 23.2 Å². The van der Waals surface area contributed by atoms with Crippen LogP contribution in [0.25, 0.3) is 0 Å². The summed E-state index contributed by atoms with van der Waals surface area (Å²) in [5.41, 5.74) is 2.31. The van der Waals surface area contributed by atoms with Gasteiger partial charge in [-0.15, -0.1) is 0 Å². The first-order valence-electron chi connectivity index (χ1n) is 12.5. The molecule has 0 spiro atoms. The van der Waals surface area contributed by atoms with Gasteiger partial charge in [-0.3, -0.25) is 13.9 Å². The van der Waals surface area contributed by atoms with E-state index in [1.54, 1.807) is 52.0 Å². The van der Waals surface area contributed by atoms with Crippen LogP contribution in [0.1, 0.15) is 37.5 Å². The highest BCUT2D eigenvalue weighted by Gasteiger charge is 2.33. The van der Waals surface area contributed by atoms with E-state index in [4.69, 9.17) is 11.6 Å². The monoisotopic (exact) mass is 573 g/mol. The molecule has 3 rings (SSSR count). The second kappa shape index (κ2) is 12.6. The van der Waals surface area contributed by atoms with Crippen LogP contribution in [-0.2, 0) is 26.2 Å². The number of nitrogens with zero attached hydrogens (tertiary/aromatic N) is 2. The lowest BCUT2D eigenvalue weighted by molar-refractivity contribution is -0.139. The number of carbonyl (C=O) groups is 2. The molecule has 3 aromatic rings. The summed E-state index contributed by atoms with van der Waals surface area (Å²) < 4.78 is 42.4. The van der Waals surface area contributed by atoms with Crippen molar-refractivity contribution in [1.29, 1.82) is 0 Å². The molecule has 0 aromatic heterocycles. The fourth-order valence-electron chi connectivity index (χ4n) is 3.98. The van der Waals surface area contributed by atoms with Crippen molar-refractivity contribution in [3.63, 3.8) is 0 Å². The van der Waals surface area contributed by atoms with Gasteiger partial charge in [0.1, 0.15) is 18.4 Å². The number of carbonyl (C=O) groups excluding carboxylic acids is 2. The molecule has 0 unspecified atom stereocenters. The quantitative estimate of drug-likeness (QED) is 0.360. The number of amides is 2. The fraction of sp³-hybridized carbons (Fsp3) is 0.310. The first kappa shape index (κ1) is 30.1. The van der Waals surface area contributed by atoms with Crippen LogP contribution in [0, 0.1) is 19.7 Å². The minimum absolute atomic E-state index is 0.0101. The minimum Gasteiger partial charge on any atom is -0.352 e. The highest BCUT2D eigenvalue weighted by atomic mass is 35.5. The van der Waals surface area contributed by atoms with E-state index in [0.29, 0.717) is 16.1 Å². The van der Waals surface area contributed by atoms with Crippen LogP contribution in [0.4, 0.5) is 10.1 Å². The molecule has 0 saturated carbocycles. The van der Waals surface area contributed by atoms with Crippen molar-refractivity contribution in [2.24, 2.45) is 0 Å².